The first-order valence-corrected chi connectivity index (χ1v) is 10.7. The van der Waals surface area contributed by atoms with Crippen molar-refractivity contribution in [3.8, 4) is 5.82 Å². The lowest BCUT2D eigenvalue weighted by molar-refractivity contribution is 0.0951. The van der Waals surface area contributed by atoms with Crippen LogP contribution in [0.25, 0.3) is 5.82 Å². The summed E-state index contributed by atoms with van der Waals surface area (Å²) in [7, 11) is -3.60. The number of aromatic nitrogens is 3. The van der Waals surface area contributed by atoms with Gasteiger partial charge in [0.15, 0.2) is 5.82 Å². The molecule has 0 fully saturated rings. The molecule has 2 heterocycles. The Morgan fingerprint density at radius 3 is 2.55 bits per heavy atom. The van der Waals surface area contributed by atoms with Gasteiger partial charge in [-0.2, -0.15) is 5.10 Å². The third-order valence-electron chi connectivity index (χ3n) is 4.42. The van der Waals surface area contributed by atoms with E-state index in [9.17, 15) is 13.2 Å². The standard InChI is InChI=1S/C20H23N5O3S/c1-3-15(2)24-29(27,28)18-9-7-16(8-10-18)20(26)22-14-17-6-4-11-21-19(17)25-13-5-12-23-25/h4-13,15,24H,3,14H2,1-2H3,(H,22,26). The van der Waals surface area contributed by atoms with Crippen LogP contribution in [0.15, 0.2) is 66.0 Å². The second-order valence-electron chi connectivity index (χ2n) is 6.57. The van der Waals surface area contributed by atoms with Gasteiger partial charge in [0.25, 0.3) is 5.91 Å². The molecule has 1 unspecified atom stereocenters. The van der Waals surface area contributed by atoms with E-state index in [0.29, 0.717) is 17.8 Å². The van der Waals surface area contributed by atoms with Gasteiger partial charge in [-0.15, -0.1) is 0 Å². The van der Waals surface area contributed by atoms with Gasteiger partial charge in [0.1, 0.15) is 0 Å². The van der Waals surface area contributed by atoms with Crippen LogP contribution in [0.4, 0.5) is 0 Å². The zero-order valence-electron chi connectivity index (χ0n) is 16.2. The fourth-order valence-electron chi connectivity index (χ4n) is 2.65. The molecular weight excluding hydrogens is 390 g/mol. The molecule has 1 aromatic carbocycles. The van der Waals surface area contributed by atoms with Crippen molar-refractivity contribution < 1.29 is 13.2 Å². The van der Waals surface area contributed by atoms with Crippen LogP contribution in [-0.4, -0.2) is 35.1 Å². The highest BCUT2D eigenvalue weighted by Crippen LogP contribution is 2.13. The van der Waals surface area contributed by atoms with Crippen LogP contribution in [0.5, 0.6) is 0 Å². The van der Waals surface area contributed by atoms with E-state index < -0.39 is 10.0 Å². The van der Waals surface area contributed by atoms with Crippen LogP contribution < -0.4 is 10.0 Å². The average molecular weight is 414 g/mol. The van der Waals surface area contributed by atoms with Gasteiger partial charge in [-0.25, -0.2) is 22.8 Å². The quantitative estimate of drug-likeness (QED) is 0.589. The minimum atomic E-state index is -3.60. The first kappa shape index (κ1) is 20.7. The summed E-state index contributed by atoms with van der Waals surface area (Å²) in [5.41, 5.74) is 1.18. The maximum atomic E-state index is 12.5. The smallest absolute Gasteiger partial charge is 0.251 e. The molecule has 9 heteroatoms. The van der Waals surface area contributed by atoms with E-state index in [1.54, 1.807) is 42.3 Å². The number of hydrogen-bond acceptors (Lipinski definition) is 5. The van der Waals surface area contributed by atoms with Gasteiger partial charge in [-0.3, -0.25) is 4.79 Å². The molecule has 0 saturated heterocycles. The van der Waals surface area contributed by atoms with Gasteiger partial charge in [-0.1, -0.05) is 13.0 Å². The molecule has 3 rings (SSSR count). The Morgan fingerprint density at radius 1 is 1.14 bits per heavy atom. The Kier molecular flexibility index (Phi) is 6.40. The molecule has 8 nitrogen and oxygen atoms in total. The predicted molar refractivity (Wildman–Crippen MR) is 109 cm³/mol. The molecular formula is C20H23N5O3S. The summed E-state index contributed by atoms with van der Waals surface area (Å²) in [4.78, 5) is 16.9. The normalized spacial score (nSPS) is 12.5. The maximum absolute atomic E-state index is 12.5. The number of carbonyl (C=O) groups is 1. The Balaban J connectivity index is 1.68. The third kappa shape index (κ3) is 5.07. The van der Waals surface area contributed by atoms with Gasteiger partial charge < -0.3 is 5.32 Å². The van der Waals surface area contributed by atoms with Crippen molar-refractivity contribution in [1.29, 1.82) is 0 Å². The van der Waals surface area contributed by atoms with E-state index in [1.807, 2.05) is 13.0 Å². The lowest BCUT2D eigenvalue weighted by Gasteiger charge is -2.12. The van der Waals surface area contributed by atoms with Crippen molar-refractivity contribution in [1.82, 2.24) is 24.8 Å². The van der Waals surface area contributed by atoms with E-state index in [1.165, 1.54) is 24.3 Å². The minimum Gasteiger partial charge on any atom is -0.348 e. The van der Waals surface area contributed by atoms with Crippen molar-refractivity contribution in [3.63, 3.8) is 0 Å². The molecule has 0 spiro atoms. The van der Waals surface area contributed by atoms with E-state index in [2.05, 4.69) is 20.1 Å². The van der Waals surface area contributed by atoms with Crippen LogP contribution in [0.1, 0.15) is 36.2 Å². The fourth-order valence-corrected chi connectivity index (χ4v) is 3.97. The molecule has 152 valence electrons. The maximum Gasteiger partial charge on any atom is 0.251 e. The van der Waals surface area contributed by atoms with Gasteiger partial charge in [-0.05, 0) is 49.7 Å². The van der Waals surface area contributed by atoms with Crippen LogP contribution in [0.2, 0.25) is 0 Å². The molecule has 0 aliphatic heterocycles. The topological polar surface area (TPSA) is 106 Å². The molecule has 0 aliphatic carbocycles. The number of carbonyl (C=O) groups excluding carboxylic acids is 1. The van der Waals surface area contributed by atoms with Crippen molar-refractivity contribution in [2.75, 3.05) is 0 Å². The van der Waals surface area contributed by atoms with Gasteiger partial charge in [0.05, 0.1) is 4.90 Å². The van der Waals surface area contributed by atoms with E-state index in [4.69, 9.17) is 0 Å². The molecule has 0 radical (unpaired) electrons. The zero-order valence-corrected chi connectivity index (χ0v) is 17.1. The highest BCUT2D eigenvalue weighted by Gasteiger charge is 2.17. The summed E-state index contributed by atoms with van der Waals surface area (Å²) in [6.07, 6.45) is 5.78. The molecule has 1 atom stereocenters. The Labute approximate surface area is 170 Å². The minimum absolute atomic E-state index is 0.127. The first-order valence-electron chi connectivity index (χ1n) is 9.25. The number of nitrogens with one attached hydrogen (secondary N) is 2. The molecule has 1 amide bonds. The van der Waals surface area contributed by atoms with E-state index in [0.717, 1.165) is 5.56 Å². The summed E-state index contributed by atoms with van der Waals surface area (Å²) in [5, 5.41) is 7.00. The summed E-state index contributed by atoms with van der Waals surface area (Å²) < 4.78 is 28.9. The summed E-state index contributed by atoms with van der Waals surface area (Å²) >= 11 is 0. The van der Waals surface area contributed by atoms with Crippen LogP contribution in [0.3, 0.4) is 0 Å². The Morgan fingerprint density at radius 2 is 1.90 bits per heavy atom. The lowest BCUT2D eigenvalue weighted by atomic mass is 10.2. The number of pyridine rings is 1. The van der Waals surface area contributed by atoms with Crippen molar-refractivity contribution in [2.45, 2.75) is 37.8 Å². The van der Waals surface area contributed by atoms with Gasteiger partial charge >= 0.3 is 0 Å². The van der Waals surface area contributed by atoms with Crippen LogP contribution in [-0.2, 0) is 16.6 Å². The van der Waals surface area contributed by atoms with Gasteiger partial charge in [0, 0.05) is 42.3 Å². The van der Waals surface area contributed by atoms with Crippen LogP contribution in [0, 0.1) is 0 Å². The molecule has 2 N–H and O–H groups in total. The van der Waals surface area contributed by atoms with E-state index in [-0.39, 0.29) is 23.4 Å². The van der Waals surface area contributed by atoms with Gasteiger partial charge in [0.2, 0.25) is 10.0 Å². The Hall–Kier alpha value is -3.04. The highest BCUT2D eigenvalue weighted by molar-refractivity contribution is 7.89. The van der Waals surface area contributed by atoms with Crippen molar-refractivity contribution >= 4 is 15.9 Å². The van der Waals surface area contributed by atoms with Crippen molar-refractivity contribution in [3.05, 3.63) is 72.2 Å². The largest absolute Gasteiger partial charge is 0.348 e. The van der Waals surface area contributed by atoms with Crippen LogP contribution >= 0.6 is 0 Å². The number of rotatable bonds is 8. The fraction of sp³-hybridized carbons (Fsp3) is 0.250. The summed E-state index contributed by atoms with van der Waals surface area (Å²) in [5.74, 6) is 0.328. The zero-order chi connectivity index (χ0) is 20.9. The highest BCUT2D eigenvalue weighted by atomic mass is 32.2. The number of benzene rings is 1. The SMILES string of the molecule is CCC(C)NS(=O)(=O)c1ccc(C(=O)NCc2cccnc2-n2cccn2)cc1. The average Bonchev–Trinajstić information content (AvgIpc) is 3.26. The van der Waals surface area contributed by atoms with E-state index >= 15 is 0 Å². The number of nitrogens with zero attached hydrogens (tertiary/aromatic N) is 3. The number of hydrogen-bond donors (Lipinski definition) is 2. The molecule has 29 heavy (non-hydrogen) atoms. The number of amides is 1. The summed E-state index contributed by atoms with van der Waals surface area (Å²) in [6, 6.07) is 11.1. The number of sulfonamides is 1. The monoisotopic (exact) mass is 413 g/mol. The summed E-state index contributed by atoms with van der Waals surface area (Å²) in [6.45, 7) is 3.97. The molecule has 2 aromatic heterocycles. The molecule has 0 aliphatic rings. The molecule has 0 saturated carbocycles. The predicted octanol–water partition coefficient (Wildman–Crippen LogP) is 2.27. The second kappa shape index (κ2) is 8.97. The van der Waals surface area contributed by atoms with Crippen molar-refractivity contribution in [2.24, 2.45) is 0 Å². The molecule has 0 bridgehead atoms. The Bertz CT molecular complexity index is 1060. The lowest BCUT2D eigenvalue weighted by Crippen LogP contribution is -2.32. The second-order valence-corrected chi connectivity index (χ2v) is 8.29. The third-order valence-corrected chi connectivity index (χ3v) is 6.03. The first-order chi connectivity index (χ1) is 13.9. The molecule has 3 aromatic rings.